The van der Waals surface area contributed by atoms with Gasteiger partial charge in [0.05, 0.1) is 10.0 Å². The molecule has 1 atom stereocenters. The molecule has 5 nitrogen and oxygen atoms in total. The van der Waals surface area contributed by atoms with Gasteiger partial charge in [-0.1, -0.05) is 36.2 Å². The second kappa shape index (κ2) is 11.2. The highest BCUT2D eigenvalue weighted by molar-refractivity contribution is 6.42. The van der Waals surface area contributed by atoms with Crippen LogP contribution in [0.15, 0.2) is 24.3 Å². The van der Waals surface area contributed by atoms with Gasteiger partial charge in [0.25, 0.3) is 0 Å². The third kappa shape index (κ3) is 6.73. The summed E-state index contributed by atoms with van der Waals surface area (Å²) >= 11 is 11.9. The molecule has 3 rings (SSSR count). The number of rotatable bonds is 6. The van der Waals surface area contributed by atoms with Crippen molar-refractivity contribution >= 4 is 41.1 Å². The summed E-state index contributed by atoms with van der Waals surface area (Å²) in [5, 5.41) is 0.947. The van der Waals surface area contributed by atoms with E-state index in [1.54, 1.807) is 23.1 Å². The Kier molecular flexibility index (Phi) is 8.61. The number of hydrogen-bond acceptors (Lipinski definition) is 3. The fourth-order valence-electron chi connectivity index (χ4n) is 4.19. The largest absolute Gasteiger partial charge is 0.341 e. The average molecular weight is 452 g/mol. The summed E-state index contributed by atoms with van der Waals surface area (Å²) in [5.41, 5.74) is 0.817. The van der Waals surface area contributed by atoms with Gasteiger partial charge in [0.15, 0.2) is 0 Å². The van der Waals surface area contributed by atoms with E-state index in [4.69, 9.17) is 23.2 Å². The van der Waals surface area contributed by atoms with Crippen molar-refractivity contribution in [2.45, 2.75) is 32.6 Å². The molecule has 7 heteroatoms. The number of halogens is 2. The van der Waals surface area contributed by atoms with E-state index in [-0.39, 0.29) is 11.8 Å². The first kappa shape index (κ1) is 23.1. The first-order valence-corrected chi connectivity index (χ1v) is 11.6. The van der Waals surface area contributed by atoms with Gasteiger partial charge in [-0.2, -0.15) is 0 Å². The molecule has 0 aliphatic carbocycles. The van der Waals surface area contributed by atoms with E-state index >= 15 is 0 Å². The monoisotopic (exact) mass is 451 g/mol. The fourth-order valence-corrected chi connectivity index (χ4v) is 4.49. The van der Waals surface area contributed by atoms with Gasteiger partial charge >= 0.3 is 0 Å². The predicted molar refractivity (Wildman–Crippen MR) is 123 cm³/mol. The Balaban J connectivity index is 1.46. The smallest absolute Gasteiger partial charge is 0.246 e. The summed E-state index contributed by atoms with van der Waals surface area (Å²) in [6, 6.07) is 5.25. The first-order chi connectivity index (χ1) is 14.4. The Hall–Kier alpha value is -1.56. The summed E-state index contributed by atoms with van der Waals surface area (Å²) < 4.78 is 0. The third-order valence-electron chi connectivity index (χ3n) is 5.91. The fraction of sp³-hybridized carbons (Fsp3) is 0.565. The normalized spacial score (nSPS) is 21.3. The number of amides is 2. The predicted octanol–water partition coefficient (Wildman–Crippen LogP) is 4.19. The van der Waals surface area contributed by atoms with E-state index < -0.39 is 0 Å². The lowest BCUT2D eigenvalue weighted by Gasteiger charge is -2.31. The molecular weight excluding hydrogens is 421 g/mol. The minimum Gasteiger partial charge on any atom is -0.341 e. The zero-order valence-electron chi connectivity index (χ0n) is 17.7. The molecule has 164 valence electrons. The third-order valence-corrected chi connectivity index (χ3v) is 6.64. The van der Waals surface area contributed by atoms with Crippen molar-refractivity contribution in [3.63, 3.8) is 0 Å². The van der Waals surface area contributed by atoms with Crippen molar-refractivity contribution in [1.29, 1.82) is 0 Å². The molecule has 2 aliphatic rings. The van der Waals surface area contributed by atoms with Crippen molar-refractivity contribution < 1.29 is 9.59 Å². The van der Waals surface area contributed by atoms with Crippen molar-refractivity contribution in [3.05, 3.63) is 39.9 Å². The highest BCUT2D eigenvalue weighted by Gasteiger charge is 2.23. The molecule has 2 aliphatic heterocycles. The van der Waals surface area contributed by atoms with Gasteiger partial charge in [-0.05, 0) is 62.0 Å². The Labute approximate surface area is 189 Å². The first-order valence-electron chi connectivity index (χ1n) is 10.8. The molecule has 1 unspecified atom stereocenters. The van der Waals surface area contributed by atoms with E-state index in [0.29, 0.717) is 36.1 Å². The number of carbonyl (C=O) groups excluding carboxylic acids is 2. The Bertz CT molecular complexity index is 784. The Morgan fingerprint density at radius 3 is 2.73 bits per heavy atom. The van der Waals surface area contributed by atoms with Gasteiger partial charge in [-0.15, -0.1) is 0 Å². The van der Waals surface area contributed by atoms with Gasteiger partial charge < -0.3 is 14.7 Å². The number of carbonyl (C=O) groups is 2. The zero-order valence-corrected chi connectivity index (χ0v) is 19.2. The average Bonchev–Trinajstić information content (AvgIpc) is 2.91. The van der Waals surface area contributed by atoms with Crippen LogP contribution in [0.4, 0.5) is 0 Å². The van der Waals surface area contributed by atoms with Crippen LogP contribution in [0.5, 0.6) is 0 Å². The van der Waals surface area contributed by atoms with Crippen molar-refractivity contribution in [3.8, 4) is 0 Å². The number of nitrogens with zero attached hydrogens (tertiary/aromatic N) is 3. The molecule has 0 spiro atoms. The molecule has 1 aromatic rings. The van der Waals surface area contributed by atoms with E-state index in [2.05, 4.69) is 11.8 Å². The molecule has 0 saturated carbocycles. The molecular formula is C23H31Cl2N3O2. The molecule has 2 amide bonds. The van der Waals surface area contributed by atoms with Crippen LogP contribution in [0.2, 0.25) is 10.0 Å². The summed E-state index contributed by atoms with van der Waals surface area (Å²) in [6.45, 7) is 8.09. The minimum atomic E-state index is -0.0852. The summed E-state index contributed by atoms with van der Waals surface area (Å²) in [4.78, 5) is 31.3. The molecule has 2 heterocycles. The van der Waals surface area contributed by atoms with Crippen LogP contribution in [0.3, 0.4) is 0 Å². The van der Waals surface area contributed by atoms with Crippen molar-refractivity contribution in [1.82, 2.24) is 14.7 Å². The number of piperidine rings is 1. The lowest BCUT2D eigenvalue weighted by Crippen LogP contribution is -2.39. The number of hydrogen-bond donors (Lipinski definition) is 0. The van der Waals surface area contributed by atoms with Crippen LogP contribution in [0.1, 0.15) is 38.2 Å². The molecule has 1 aromatic carbocycles. The van der Waals surface area contributed by atoms with Crippen LogP contribution in [-0.2, 0) is 9.59 Å². The van der Waals surface area contributed by atoms with E-state index in [1.807, 2.05) is 11.0 Å². The molecule has 2 saturated heterocycles. The molecule has 0 radical (unpaired) electrons. The maximum Gasteiger partial charge on any atom is 0.246 e. The van der Waals surface area contributed by atoms with Gasteiger partial charge in [-0.3, -0.25) is 9.59 Å². The molecule has 0 N–H and O–H groups in total. The zero-order chi connectivity index (χ0) is 21.5. The standard InChI is InChI=1S/C23H31Cl2N3O2/c1-18-4-2-10-26(17-18)11-3-12-27-14-15-28(13-9-23(27)30)22(29)8-6-19-5-7-20(24)21(25)16-19/h5-8,16,18H,2-4,9-15,17H2,1H3. The van der Waals surface area contributed by atoms with Crippen molar-refractivity contribution in [2.75, 3.05) is 45.8 Å². The van der Waals surface area contributed by atoms with Gasteiger partial charge in [0.2, 0.25) is 11.8 Å². The lowest BCUT2D eigenvalue weighted by molar-refractivity contribution is -0.130. The van der Waals surface area contributed by atoms with E-state index in [1.165, 1.54) is 32.0 Å². The van der Waals surface area contributed by atoms with Gasteiger partial charge in [0.1, 0.15) is 0 Å². The quantitative estimate of drug-likeness (QED) is 0.608. The van der Waals surface area contributed by atoms with Gasteiger partial charge in [-0.25, -0.2) is 0 Å². The molecule has 0 bridgehead atoms. The number of benzene rings is 1. The minimum absolute atomic E-state index is 0.0852. The van der Waals surface area contributed by atoms with Crippen molar-refractivity contribution in [2.24, 2.45) is 5.92 Å². The topological polar surface area (TPSA) is 43.9 Å². The highest BCUT2D eigenvalue weighted by atomic mass is 35.5. The molecule has 30 heavy (non-hydrogen) atoms. The second-order valence-corrected chi connectivity index (χ2v) is 9.18. The highest BCUT2D eigenvalue weighted by Crippen LogP contribution is 2.23. The number of likely N-dealkylation sites (tertiary alicyclic amines) is 1. The maximum atomic E-state index is 12.6. The van der Waals surface area contributed by atoms with Crippen LogP contribution in [0, 0.1) is 5.92 Å². The lowest BCUT2D eigenvalue weighted by atomic mass is 10.0. The maximum absolute atomic E-state index is 12.6. The van der Waals surface area contributed by atoms with Crippen LogP contribution in [-0.4, -0.2) is 72.3 Å². The van der Waals surface area contributed by atoms with Crippen LogP contribution < -0.4 is 0 Å². The Morgan fingerprint density at radius 2 is 1.97 bits per heavy atom. The summed E-state index contributed by atoms with van der Waals surface area (Å²) in [5.74, 6) is 0.832. The second-order valence-electron chi connectivity index (χ2n) is 8.36. The molecule has 0 aromatic heterocycles. The summed E-state index contributed by atoms with van der Waals surface area (Å²) in [6.07, 6.45) is 7.24. The van der Waals surface area contributed by atoms with Gasteiger partial charge in [0, 0.05) is 45.2 Å². The van der Waals surface area contributed by atoms with E-state index in [9.17, 15) is 9.59 Å². The van der Waals surface area contributed by atoms with Crippen LogP contribution in [0.25, 0.3) is 6.08 Å². The Morgan fingerprint density at radius 1 is 1.13 bits per heavy atom. The van der Waals surface area contributed by atoms with Crippen LogP contribution >= 0.6 is 23.2 Å². The molecule has 2 fully saturated rings. The summed E-state index contributed by atoms with van der Waals surface area (Å²) in [7, 11) is 0. The van der Waals surface area contributed by atoms with E-state index in [0.717, 1.165) is 31.0 Å². The SMILES string of the molecule is CC1CCCN(CCCN2CCN(C(=O)C=Cc3ccc(Cl)c(Cl)c3)CCC2=O)C1.